The lowest BCUT2D eigenvalue weighted by molar-refractivity contribution is -0.145. The average molecular weight is 242 g/mol. The van der Waals surface area contributed by atoms with Crippen molar-refractivity contribution in [3.8, 4) is 0 Å². The number of piperidine rings is 1. The third-order valence-electron chi connectivity index (χ3n) is 3.27. The summed E-state index contributed by atoms with van der Waals surface area (Å²) in [6.07, 6.45) is 3.43. The molecule has 0 spiro atoms. The Bertz CT molecular complexity index is 281. The fraction of sp³-hybridized carbons (Fsp3) is 0.833. The summed E-state index contributed by atoms with van der Waals surface area (Å²) in [7, 11) is 0. The summed E-state index contributed by atoms with van der Waals surface area (Å²) in [5.74, 6) is -0.895. The van der Waals surface area contributed by atoms with Crippen molar-refractivity contribution in [3.63, 3.8) is 0 Å². The zero-order chi connectivity index (χ0) is 12.8. The maximum atomic E-state index is 11.7. The van der Waals surface area contributed by atoms with Crippen LogP contribution in [0.25, 0.3) is 0 Å². The number of hydrogen-bond acceptors (Lipinski definition) is 3. The molecule has 1 heterocycles. The number of carbonyl (C=O) groups excluding carboxylic acids is 1. The first-order valence-corrected chi connectivity index (χ1v) is 6.30. The van der Waals surface area contributed by atoms with E-state index in [0.717, 1.165) is 19.3 Å². The number of carboxylic acid groups (broad SMARTS) is 1. The summed E-state index contributed by atoms with van der Waals surface area (Å²) in [5.41, 5.74) is 0. The second-order valence-electron chi connectivity index (χ2n) is 4.70. The van der Waals surface area contributed by atoms with E-state index in [1.807, 2.05) is 13.8 Å². The van der Waals surface area contributed by atoms with E-state index < -0.39 is 12.0 Å². The molecule has 5 nitrogen and oxygen atoms in total. The van der Waals surface area contributed by atoms with E-state index in [0.29, 0.717) is 13.0 Å². The number of nitrogens with zero attached hydrogens (tertiary/aromatic N) is 1. The van der Waals surface area contributed by atoms with Gasteiger partial charge in [0, 0.05) is 6.04 Å². The van der Waals surface area contributed by atoms with Gasteiger partial charge < -0.3 is 10.4 Å². The summed E-state index contributed by atoms with van der Waals surface area (Å²) in [6, 6.07) is -0.345. The highest BCUT2D eigenvalue weighted by atomic mass is 16.4. The number of amides is 1. The number of aliphatic carboxylic acids is 1. The second-order valence-corrected chi connectivity index (χ2v) is 4.70. The molecule has 1 aliphatic rings. The average Bonchev–Trinajstić information content (AvgIpc) is 2.29. The summed E-state index contributed by atoms with van der Waals surface area (Å²) >= 11 is 0. The van der Waals surface area contributed by atoms with Gasteiger partial charge in [0.2, 0.25) is 5.91 Å². The summed E-state index contributed by atoms with van der Waals surface area (Å²) in [6.45, 7) is 4.85. The lowest BCUT2D eigenvalue weighted by atomic mass is 10.0. The van der Waals surface area contributed by atoms with E-state index in [1.54, 1.807) is 4.90 Å². The molecule has 1 fully saturated rings. The maximum absolute atomic E-state index is 11.7. The summed E-state index contributed by atoms with van der Waals surface area (Å²) < 4.78 is 0. The molecule has 0 aliphatic carbocycles. The normalized spacial score (nSPS) is 23.1. The van der Waals surface area contributed by atoms with Crippen LogP contribution in [0.3, 0.4) is 0 Å². The molecule has 2 N–H and O–H groups in total. The van der Waals surface area contributed by atoms with Crippen molar-refractivity contribution in [2.75, 3.05) is 13.1 Å². The second kappa shape index (κ2) is 6.59. The Kier molecular flexibility index (Phi) is 5.41. The fourth-order valence-electron chi connectivity index (χ4n) is 2.07. The standard InChI is InChI=1S/C12H22N2O3/c1-3-9(2)13-11(15)8-14-7-5-4-6-10(14)12(16)17/h9-10H,3-8H2,1-2H3,(H,13,15)(H,16,17). The molecular formula is C12H22N2O3. The third kappa shape index (κ3) is 4.34. The van der Waals surface area contributed by atoms with E-state index >= 15 is 0 Å². The quantitative estimate of drug-likeness (QED) is 0.749. The Hall–Kier alpha value is -1.10. The summed E-state index contributed by atoms with van der Waals surface area (Å²) in [4.78, 5) is 24.5. The first-order valence-electron chi connectivity index (χ1n) is 6.30. The van der Waals surface area contributed by atoms with Crippen molar-refractivity contribution in [1.82, 2.24) is 10.2 Å². The number of hydrogen-bond donors (Lipinski definition) is 2. The Morgan fingerprint density at radius 2 is 2.18 bits per heavy atom. The highest BCUT2D eigenvalue weighted by molar-refractivity contribution is 5.80. The molecule has 5 heteroatoms. The van der Waals surface area contributed by atoms with Gasteiger partial charge in [-0.05, 0) is 32.7 Å². The lowest BCUT2D eigenvalue weighted by Gasteiger charge is -2.32. The molecule has 0 aromatic heterocycles. The van der Waals surface area contributed by atoms with E-state index in [2.05, 4.69) is 5.32 Å². The van der Waals surface area contributed by atoms with Gasteiger partial charge in [0.05, 0.1) is 6.54 Å². The van der Waals surface area contributed by atoms with Gasteiger partial charge in [-0.2, -0.15) is 0 Å². The maximum Gasteiger partial charge on any atom is 0.320 e. The predicted octanol–water partition coefficient (Wildman–Crippen LogP) is 0.840. The minimum absolute atomic E-state index is 0.0764. The minimum Gasteiger partial charge on any atom is -0.480 e. The molecular weight excluding hydrogens is 220 g/mol. The molecule has 1 aliphatic heterocycles. The van der Waals surface area contributed by atoms with Crippen molar-refractivity contribution in [3.05, 3.63) is 0 Å². The highest BCUT2D eigenvalue weighted by Gasteiger charge is 2.29. The SMILES string of the molecule is CCC(C)NC(=O)CN1CCCCC1C(=O)O. The predicted molar refractivity (Wildman–Crippen MR) is 64.7 cm³/mol. The molecule has 2 unspecified atom stereocenters. The molecule has 1 saturated heterocycles. The Labute approximate surface area is 102 Å². The number of carboxylic acids is 1. The number of nitrogens with one attached hydrogen (secondary N) is 1. The number of likely N-dealkylation sites (tertiary alicyclic amines) is 1. The molecule has 17 heavy (non-hydrogen) atoms. The molecule has 0 aromatic rings. The van der Waals surface area contributed by atoms with Gasteiger partial charge in [-0.25, -0.2) is 0 Å². The largest absolute Gasteiger partial charge is 0.480 e. The van der Waals surface area contributed by atoms with Crippen LogP contribution in [0.2, 0.25) is 0 Å². The third-order valence-corrected chi connectivity index (χ3v) is 3.27. The Morgan fingerprint density at radius 1 is 1.47 bits per heavy atom. The van der Waals surface area contributed by atoms with Crippen LogP contribution in [-0.2, 0) is 9.59 Å². The minimum atomic E-state index is -0.818. The number of rotatable bonds is 5. The van der Waals surface area contributed by atoms with Crippen LogP contribution in [0.4, 0.5) is 0 Å². The molecule has 1 amide bonds. The van der Waals surface area contributed by atoms with Gasteiger partial charge in [-0.15, -0.1) is 0 Å². The molecule has 2 atom stereocenters. The highest BCUT2D eigenvalue weighted by Crippen LogP contribution is 2.16. The van der Waals surface area contributed by atoms with E-state index in [4.69, 9.17) is 5.11 Å². The van der Waals surface area contributed by atoms with Crippen molar-refractivity contribution < 1.29 is 14.7 Å². The van der Waals surface area contributed by atoms with Gasteiger partial charge in [0.25, 0.3) is 0 Å². The van der Waals surface area contributed by atoms with E-state index in [1.165, 1.54) is 0 Å². The Morgan fingerprint density at radius 3 is 2.76 bits per heavy atom. The lowest BCUT2D eigenvalue weighted by Crippen LogP contribution is -2.50. The van der Waals surface area contributed by atoms with Crippen molar-refractivity contribution in [2.45, 2.75) is 51.6 Å². The van der Waals surface area contributed by atoms with Crippen LogP contribution in [0.5, 0.6) is 0 Å². The van der Waals surface area contributed by atoms with Crippen LogP contribution in [0.15, 0.2) is 0 Å². The smallest absolute Gasteiger partial charge is 0.320 e. The zero-order valence-electron chi connectivity index (χ0n) is 10.6. The Balaban J connectivity index is 2.47. The van der Waals surface area contributed by atoms with Crippen LogP contribution < -0.4 is 5.32 Å². The van der Waals surface area contributed by atoms with Crippen molar-refractivity contribution >= 4 is 11.9 Å². The summed E-state index contributed by atoms with van der Waals surface area (Å²) in [5, 5.41) is 11.9. The van der Waals surface area contributed by atoms with Crippen LogP contribution in [0, 0.1) is 0 Å². The first kappa shape index (κ1) is 14.0. The zero-order valence-corrected chi connectivity index (χ0v) is 10.6. The molecule has 0 bridgehead atoms. The van der Waals surface area contributed by atoms with Crippen molar-refractivity contribution in [2.24, 2.45) is 0 Å². The monoisotopic (exact) mass is 242 g/mol. The first-order chi connectivity index (χ1) is 8.04. The van der Waals surface area contributed by atoms with Gasteiger partial charge in [0.1, 0.15) is 6.04 Å². The van der Waals surface area contributed by atoms with Crippen LogP contribution >= 0.6 is 0 Å². The van der Waals surface area contributed by atoms with Crippen molar-refractivity contribution in [1.29, 1.82) is 0 Å². The molecule has 1 rings (SSSR count). The van der Waals surface area contributed by atoms with E-state index in [9.17, 15) is 9.59 Å². The van der Waals surface area contributed by atoms with Gasteiger partial charge in [-0.3, -0.25) is 14.5 Å². The van der Waals surface area contributed by atoms with Crippen LogP contribution in [-0.4, -0.2) is 47.1 Å². The van der Waals surface area contributed by atoms with Gasteiger partial charge in [-0.1, -0.05) is 13.3 Å². The van der Waals surface area contributed by atoms with Crippen LogP contribution in [0.1, 0.15) is 39.5 Å². The topological polar surface area (TPSA) is 69.6 Å². The van der Waals surface area contributed by atoms with Gasteiger partial charge in [0.15, 0.2) is 0 Å². The van der Waals surface area contributed by atoms with Gasteiger partial charge >= 0.3 is 5.97 Å². The molecule has 0 radical (unpaired) electrons. The number of carbonyl (C=O) groups is 2. The molecule has 98 valence electrons. The molecule has 0 saturated carbocycles. The fourth-order valence-corrected chi connectivity index (χ4v) is 2.07. The van der Waals surface area contributed by atoms with E-state index in [-0.39, 0.29) is 18.5 Å². The molecule has 0 aromatic carbocycles.